The molecule has 143 heavy (non-hydrogen) atoms. The summed E-state index contributed by atoms with van der Waals surface area (Å²) in [7, 11) is -22.2. The monoisotopic (exact) mass is 2640 g/mol. The molecule has 1 aromatic rings. The van der Waals surface area contributed by atoms with Crippen LogP contribution in [0.2, 0.25) is 116 Å². The Kier molecular flexibility index (Phi) is 69.2. The van der Waals surface area contributed by atoms with Gasteiger partial charge in [0.05, 0.1) is 5.67 Å². The summed E-state index contributed by atoms with van der Waals surface area (Å²) < 4.78 is 165. The van der Waals surface area contributed by atoms with E-state index in [4.69, 9.17) is 257 Å². The van der Waals surface area contributed by atoms with Crippen LogP contribution in [0.1, 0.15) is 173 Å². The predicted octanol–water partition coefficient (Wildman–Crippen LogP) is 23.5. The summed E-state index contributed by atoms with van der Waals surface area (Å²) in [5, 5.41) is 2.65. The highest BCUT2D eigenvalue weighted by Crippen LogP contribution is 2.59. The maximum Gasteiger partial charge on any atom is 0.407 e. The van der Waals surface area contributed by atoms with Gasteiger partial charge in [-0.15, -0.1) is 133 Å². The van der Waals surface area contributed by atoms with E-state index in [1.165, 1.54) is 10.4 Å². The van der Waals surface area contributed by atoms with Gasteiger partial charge in [-0.25, -0.2) is 0 Å². The highest BCUT2D eigenvalue weighted by Gasteiger charge is 2.81. The number of halogens is 12. The van der Waals surface area contributed by atoms with E-state index in [1.54, 1.807) is 39.1 Å². The zero-order valence-corrected chi connectivity index (χ0v) is 123. The van der Waals surface area contributed by atoms with Crippen LogP contribution in [0.25, 0.3) is 0 Å². The fourth-order valence-electron chi connectivity index (χ4n) is 18.8. The van der Waals surface area contributed by atoms with Gasteiger partial charge in [0.15, 0.2) is 7.11 Å². The quantitative estimate of drug-likeness (QED) is 0.0433. The molecular weight excluding hydrogens is 2470 g/mol. The number of benzene rings is 1. The molecule has 10 aliphatic heterocycles. The molecule has 1 aromatic carbocycles. The Hall–Kier alpha value is 6.22. The van der Waals surface area contributed by atoms with Gasteiger partial charge in [-0.05, 0) is 235 Å². The lowest BCUT2D eigenvalue weighted by Crippen LogP contribution is -2.91. The van der Waals surface area contributed by atoms with E-state index in [-0.39, 0.29) is 5.16 Å². The van der Waals surface area contributed by atoms with E-state index in [1.807, 2.05) is 145 Å². The molecule has 10 aliphatic rings. The van der Waals surface area contributed by atoms with Gasteiger partial charge in [-0.3, -0.25) is 0 Å². The molecule has 28 nitrogen and oxygen atoms in total. The van der Waals surface area contributed by atoms with Gasteiger partial charge in [0.25, 0.3) is 40.2 Å². The SMILES string of the molecule is CC1[Si](Cl)(Cl)C[Si]1(Cl)Cl.CCO[Si]1(OCC)C=C[Si](OCC)(OCC)C1.CCO[Si]1(OCC)CC[Si](OCC)(OCC)C1.CCO[Si]1(OCC)C[Si](OCC)(OCC)C1.CCO[Si]1(OCC)C[Si](OCC)(OCC)S1.CCO[Si]1(OCC)C[Si](OCC)(OCC)[Si]1(C)C.CCO[Si]1(OCC)C[Si](OCC)(OCC)c2ccccc21.CO[Si]1(OC)C[Si](OC)(OC)C1.Cl[Si]1(Cl)CC[Si](Cl)(Cl)C1.Cl[Si]1(Cl)C[Si](Cl)(Cl)C1. The Balaban J connectivity index is 0.000000543. The molecule has 0 spiro atoms. The van der Waals surface area contributed by atoms with Crippen LogP contribution in [0.5, 0.6) is 0 Å². The molecule has 0 amide bonds. The summed E-state index contributed by atoms with van der Waals surface area (Å²) in [6.45, 7) is 60.9. The molecule has 0 aliphatic carbocycles. The van der Waals surface area contributed by atoms with Crippen molar-refractivity contribution in [3.05, 3.63) is 35.7 Å². The summed E-state index contributed by atoms with van der Waals surface area (Å²) in [4.78, 5) is 0. The fraction of sp³-hybridized carbons (Fsp3) is 0.901. The van der Waals surface area contributed by atoms with Crippen LogP contribution in [-0.2, 0) is 124 Å². The van der Waals surface area contributed by atoms with Gasteiger partial charge < -0.3 is 124 Å². The van der Waals surface area contributed by atoms with Crippen LogP contribution in [0, 0.1) is 0 Å². The van der Waals surface area contributed by atoms with Gasteiger partial charge in [0, 0.05) is 238 Å². The Bertz CT molecular complexity index is 3320. The Morgan fingerprint density at radius 2 is 0.462 bits per heavy atom. The zero-order chi connectivity index (χ0) is 109. The lowest BCUT2D eigenvalue weighted by atomic mass is 10.4. The highest BCUT2D eigenvalue weighted by atomic mass is 35.7. The van der Waals surface area contributed by atoms with Gasteiger partial charge >= 0.3 is 117 Å². The third kappa shape index (κ3) is 42.8. The molecule has 0 unspecified atom stereocenters. The van der Waals surface area contributed by atoms with Crippen LogP contribution < -0.4 is 10.4 Å². The molecule has 0 saturated carbocycles. The zero-order valence-electron chi connectivity index (χ0n) is 91.9. The first-order valence-electron chi connectivity index (χ1n) is 51.4. The van der Waals surface area contributed by atoms with Gasteiger partial charge in [-0.2, -0.15) is 0 Å². The first kappa shape index (κ1) is 145. The standard InChI is InChI=1S/C15H26O4Si2.C11H28O4Si3.C11H26O4Si2.C11H24O4Si2.C10H24O4Si2.C9H22O4SSi2.C6H16O4Si2.2C3H6Cl4Si2.C2H4Cl4Si2/c1-5-16-20(17-6-2)13-21(18-7-3,19-8-4)15-12-10-9-11-14(15)20;1-7-12-17(13-8-2)11-18(14-9-3,15-10-4)16(17,5)6;2*1-5-12-16(13-6-2)9-10-17(11-16,14-7-3)15-8-4;1-5-11-15(12-6-2)9-16(10-15,13-7-3)14-8-4;1-5-10-15(11-6-2)9-16(14-15,12-7-3)13-8-4;1-7-11(8-2)5-12(6-11,9-3)10-4;1-3-8(4,5)2-9(3,6)7;4-8(5)1-2-9(6,7)3-8;3-7(4)1-8(5,6)2-7/h9-12H,5-8,13H2,1-4H3;7-11H2,1-6H3;5-11H2,1-4H3;9-10H,5-8,11H2,1-4H3;5-10H2,1-4H3;5-9H2,1-4H3;5-6H2,1-4H3;3H,2H2,1H3;1-3H2;1-2H2. The van der Waals surface area contributed by atoms with E-state index in [2.05, 4.69) is 76.5 Å². The molecule has 848 valence electrons. The van der Waals surface area contributed by atoms with Gasteiger partial charge in [-0.1, -0.05) is 54.9 Å². The molecule has 0 N–H and O–H groups in total. The van der Waals surface area contributed by atoms with E-state index < -0.39 is 164 Å². The van der Waals surface area contributed by atoms with Gasteiger partial charge in [0.2, 0.25) is 0 Å². The summed E-state index contributed by atoms with van der Waals surface area (Å²) in [6, 6.07) is 12.2. The minimum absolute atomic E-state index is 0.233. The lowest BCUT2D eigenvalue weighted by molar-refractivity contribution is 0.138. The van der Waals surface area contributed by atoms with Crippen molar-refractivity contribution in [3.8, 4) is 0 Å². The molecule has 62 heteroatoms. The first-order valence-corrected chi connectivity index (χ1v) is 115. The third-order valence-corrected chi connectivity index (χ3v) is 181. The average molecular weight is 2650 g/mol. The van der Waals surface area contributed by atoms with Crippen LogP contribution >= 0.6 is 144 Å². The van der Waals surface area contributed by atoms with Crippen LogP contribution in [0.4, 0.5) is 0 Å². The first-order chi connectivity index (χ1) is 67.1. The molecule has 0 aromatic heterocycles. The molecule has 8 fully saturated rings. The summed E-state index contributed by atoms with van der Waals surface area (Å²) in [5.41, 5.74) is 15.2. The van der Waals surface area contributed by atoms with Crippen LogP contribution in [-0.4, -0.2) is 351 Å². The van der Waals surface area contributed by atoms with Crippen molar-refractivity contribution in [2.75, 3.05) is 187 Å². The average Bonchev–Trinajstić information content (AvgIpc) is 1.55. The van der Waals surface area contributed by atoms with Crippen LogP contribution in [0.3, 0.4) is 0 Å². The van der Waals surface area contributed by atoms with Crippen molar-refractivity contribution < 1.29 is 124 Å². The molecule has 0 bridgehead atoms. The van der Waals surface area contributed by atoms with E-state index in [9.17, 15) is 0 Å². The second-order valence-corrected chi connectivity index (χ2v) is 153. The van der Waals surface area contributed by atoms with Crippen LogP contribution in [0.15, 0.2) is 35.7 Å². The van der Waals surface area contributed by atoms with E-state index >= 15 is 0 Å². The topological polar surface area (TPSA) is 258 Å². The molecule has 8 saturated heterocycles. The van der Waals surface area contributed by atoms with E-state index in [0.29, 0.717) is 79.3 Å². The smallest absolute Gasteiger partial charge is 0.398 e. The van der Waals surface area contributed by atoms with Crippen molar-refractivity contribution >= 4 is 318 Å². The molecular formula is C81H182Cl12O28SSi21. The van der Waals surface area contributed by atoms with Crippen molar-refractivity contribution in [1.82, 2.24) is 0 Å². The normalized spacial score (nSPS) is 23.5. The maximum absolute atomic E-state index is 6.20. The highest BCUT2D eigenvalue weighted by molar-refractivity contribution is 8.52. The largest absolute Gasteiger partial charge is 0.407 e. The number of hydrogen-bond acceptors (Lipinski definition) is 29. The summed E-state index contributed by atoms with van der Waals surface area (Å²) >= 11 is 70.4. The van der Waals surface area contributed by atoms with Crippen molar-refractivity contribution in [3.63, 3.8) is 0 Å². The molecule has 11 rings (SSSR count). The van der Waals surface area contributed by atoms with Crippen molar-refractivity contribution in [1.29, 1.82) is 0 Å². The van der Waals surface area contributed by atoms with E-state index in [0.717, 1.165) is 177 Å². The molecule has 10 heterocycles. The second kappa shape index (κ2) is 68.1. The predicted molar refractivity (Wildman–Crippen MR) is 643 cm³/mol. The Labute approximate surface area is 944 Å². The second-order valence-electron chi connectivity index (χ2n) is 35.2. The Morgan fingerprint density at radius 3 is 0.643 bits per heavy atom. The molecule has 0 radical (unpaired) electrons. The number of fused-ring (bicyclic) bond motifs is 1. The fourth-order valence-corrected chi connectivity index (χ4v) is 203. The van der Waals surface area contributed by atoms with Gasteiger partial charge in [0.1, 0.15) is 0 Å². The summed E-state index contributed by atoms with van der Waals surface area (Å²) in [5.74, 6) is 0. The molecule has 0 atom stereocenters. The minimum Gasteiger partial charge on any atom is -0.398 e. The maximum atomic E-state index is 6.20. The Morgan fingerprint density at radius 1 is 0.238 bits per heavy atom. The minimum atomic E-state index is -2.45. The number of hydrogen-bond donors (Lipinski definition) is 0. The lowest BCUT2D eigenvalue weighted by Gasteiger charge is -2.59. The third-order valence-electron chi connectivity index (χ3n) is 24.9. The van der Waals surface area contributed by atoms with Crippen molar-refractivity contribution in [2.45, 2.75) is 289 Å². The number of rotatable bonds is 52. The van der Waals surface area contributed by atoms with Crippen molar-refractivity contribution in [2.24, 2.45) is 0 Å². The summed E-state index contributed by atoms with van der Waals surface area (Å²) in [6.07, 6.45) is 0.